The van der Waals surface area contributed by atoms with Crippen LogP contribution in [0.5, 0.6) is 0 Å². The smallest absolute Gasteiger partial charge is 0.306 e. The Morgan fingerprint density at radius 1 is 1.37 bits per heavy atom. The van der Waals surface area contributed by atoms with E-state index in [1.54, 1.807) is 7.11 Å². The van der Waals surface area contributed by atoms with Gasteiger partial charge in [-0.2, -0.15) is 0 Å². The highest BCUT2D eigenvalue weighted by atomic mass is 16.5. The Hall–Kier alpha value is -1.10. The van der Waals surface area contributed by atoms with Gasteiger partial charge in [-0.3, -0.25) is 9.59 Å². The number of carboxylic acid groups (broad SMARTS) is 1. The Bertz CT molecular complexity index is 351. The third-order valence-corrected chi connectivity index (χ3v) is 4.69. The van der Waals surface area contributed by atoms with Gasteiger partial charge in [0.15, 0.2) is 0 Å². The van der Waals surface area contributed by atoms with E-state index in [0.717, 1.165) is 32.1 Å². The molecule has 5 nitrogen and oxygen atoms in total. The average molecular weight is 269 g/mol. The zero-order valence-electron chi connectivity index (χ0n) is 11.5. The molecule has 5 heteroatoms. The van der Waals surface area contributed by atoms with Gasteiger partial charge < -0.3 is 15.2 Å². The fourth-order valence-corrected chi connectivity index (χ4v) is 3.17. The van der Waals surface area contributed by atoms with Crippen molar-refractivity contribution in [1.29, 1.82) is 0 Å². The zero-order valence-corrected chi connectivity index (χ0v) is 11.5. The second kappa shape index (κ2) is 5.90. The van der Waals surface area contributed by atoms with Crippen LogP contribution in [0.15, 0.2) is 0 Å². The van der Waals surface area contributed by atoms with E-state index >= 15 is 0 Å². The molecular formula is C14H23NO4. The van der Waals surface area contributed by atoms with Gasteiger partial charge in [0.05, 0.1) is 11.3 Å². The largest absolute Gasteiger partial charge is 0.481 e. The van der Waals surface area contributed by atoms with Gasteiger partial charge in [-0.05, 0) is 38.5 Å². The summed E-state index contributed by atoms with van der Waals surface area (Å²) in [6.45, 7) is 0.607. The first-order chi connectivity index (χ1) is 9.07. The second-order valence-electron chi connectivity index (χ2n) is 5.90. The minimum absolute atomic E-state index is 0.0358. The van der Waals surface area contributed by atoms with Crippen molar-refractivity contribution in [3.8, 4) is 0 Å². The molecule has 2 rings (SSSR count). The van der Waals surface area contributed by atoms with Crippen LogP contribution in [0.1, 0.15) is 44.9 Å². The summed E-state index contributed by atoms with van der Waals surface area (Å²) in [4.78, 5) is 23.3. The number of hydrogen-bond donors (Lipinski definition) is 2. The number of nitrogens with one attached hydrogen (secondary N) is 1. The number of rotatable bonds is 6. The molecule has 0 radical (unpaired) electrons. The summed E-state index contributed by atoms with van der Waals surface area (Å²) in [7, 11) is 1.65. The van der Waals surface area contributed by atoms with E-state index in [2.05, 4.69) is 5.32 Å². The Kier molecular flexibility index (Phi) is 4.45. The van der Waals surface area contributed by atoms with Crippen molar-refractivity contribution in [1.82, 2.24) is 5.32 Å². The van der Waals surface area contributed by atoms with Gasteiger partial charge in [0.25, 0.3) is 0 Å². The quantitative estimate of drug-likeness (QED) is 0.767. The standard InChI is InChI=1S/C14H23NO4/c1-19-8-7-14(5-2-6-14)13(18)15-11-4-3-10(9-11)12(16)17/h10-11H,2-9H2,1H3,(H,15,18)(H,16,17)/t10-,11+/m0/s1. The van der Waals surface area contributed by atoms with Crippen LogP contribution in [0.4, 0.5) is 0 Å². The van der Waals surface area contributed by atoms with Gasteiger partial charge >= 0.3 is 5.97 Å². The highest BCUT2D eigenvalue weighted by Crippen LogP contribution is 2.44. The molecule has 2 fully saturated rings. The Morgan fingerprint density at radius 3 is 2.58 bits per heavy atom. The van der Waals surface area contributed by atoms with Gasteiger partial charge in [0.2, 0.25) is 5.91 Å². The molecule has 2 aliphatic carbocycles. The van der Waals surface area contributed by atoms with Gasteiger partial charge in [-0.25, -0.2) is 0 Å². The van der Waals surface area contributed by atoms with Crippen LogP contribution < -0.4 is 5.32 Å². The Labute approximate surface area is 113 Å². The molecule has 0 aliphatic heterocycles. The summed E-state index contributed by atoms with van der Waals surface area (Å²) >= 11 is 0. The lowest BCUT2D eigenvalue weighted by molar-refractivity contribution is -0.142. The van der Waals surface area contributed by atoms with Crippen molar-refractivity contribution in [3.05, 3.63) is 0 Å². The maximum atomic E-state index is 12.4. The van der Waals surface area contributed by atoms with E-state index in [4.69, 9.17) is 9.84 Å². The van der Waals surface area contributed by atoms with Crippen LogP contribution in [0, 0.1) is 11.3 Å². The summed E-state index contributed by atoms with van der Waals surface area (Å²) in [5.41, 5.74) is -0.253. The molecule has 0 saturated heterocycles. The molecule has 0 unspecified atom stereocenters. The number of amides is 1. The zero-order chi connectivity index (χ0) is 13.9. The number of carbonyl (C=O) groups excluding carboxylic acids is 1. The first-order valence-electron chi connectivity index (χ1n) is 7.10. The molecule has 0 aromatic heterocycles. The maximum absolute atomic E-state index is 12.4. The average Bonchev–Trinajstić information content (AvgIpc) is 2.76. The van der Waals surface area contributed by atoms with Crippen LogP contribution >= 0.6 is 0 Å². The summed E-state index contributed by atoms with van der Waals surface area (Å²) < 4.78 is 5.08. The molecule has 0 aromatic carbocycles. The van der Waals surface area contributed by atoms with Crippen molar-refractivity contribution in [3.63, 3.8) is 0 Å². The van der Waals surface area contributed by atoms with E-state index in [1.165, 1.54) is 0 Å². The molecule has 2 aliphatic rings. The summed E-state index contributed by atoms with van der Waals surface area (Å²) in [6.07, 6.45) is 5.74. The Balaban J connectivity index is 1.85. The molecule has 0 spiro atoms. The SMILES string of the molecule is COCCC1(C(=O)N[C@@H]2CC[C@H](C(=O)O)C2)CCC1. The number of aliphatic carboxylic acids is 1. The van der Waals surface area contributed by atoms with Crippen LogP contribution in [0.25, 0.3) is 0 Å². The lowest BCUT2D eigenvalue weighted by Crippen LogP contribution is -2.49. The van der Waals surface area contributed by atoms with Crippen LogP contribution in [0.2, 0.25) is 0 Å². The fourth-order valence-electron chi connectivity index (χ4n) is 3.17. The van der Waals surface area contributed by atoms with Crippen molar-refractivity contribution in [2.24, 2.45) is 11.3 Å². The molecule has 2 N–H and O–H groups in total. The first kappa shape index (κ1) is 14.3. The van der Waals surface area contributed by atoms with E-state index < -0.39 is 5.97 Å². The number of ether oxygens (including phenoxy) is 1. The van der Waals surface area contributed by atoms with E-state index in [-0.39, 0.29) is 23.3 Å². The summed E-state index contributed by atoms with van der Waals surface area (Å²) in [6, 6.07) is 0.0358. The number of hydrogen-bond acceptors (Lipinski definition) is 3. The van der Waals surface area contributed by atoms with Crippen LogP contribution in [-0.2, 0) is 14.3 Å². The molecule has 2 atom stereocenters. The van der Waals surface area contributed by atoms with E-state index in [0.29, 0.717) is 19.4 Å². The van der Waals surface area contributed by atoms with Crippen LogP contribution in [-0.4, -0.2) is 36.7 Å². The number of carbonyl (C=O) groups is 2. The molecule has 2 saturated carbocycles. The molecule has 0 aromatic rings. The summed E-state index contributed by atoms with van der Waals surface area (Å²) in [5.74, 6) is -0.928. The highest BCUT2D eigenvalue weighted by Gasteiger charge is 2.44. The molecule has 19 heavy (non-hydrogen) atoms. The second-order valence-corrected chi connectivity index (χ2v) is 5.90. The van der Waals surface area contributed by atoms with Gasteiger partial charge in [-0.15, -0.1) is 0 Å². The fraction of sp³-hybridized carbons (Fsp3) is 0.857. The predicted molar refractivity (Wildman–Crippen MR) is 69.7 cm³/mol. The van der Waals surface area contributed by atoms with E-state index in [9.17, 15) is 9.59 Å². The van der Waals surface area contributed by atoms with Crippen molar-refractivity contribution in [2.75, 3.05) is 13.7 Å². The van der Waals surface area contributed by atoms with Gasteiger partial charge in [-0.1, -0.05) is 6.42 Å². The van der Waals surface area contributed by atoms with Crippen LogP contribution in [0.3, 0.4) is 0 Å². The number of carboxylic acids is 1. The van der Waals surface area contributed by atoms with E-state index in [1.807, 2.05) is 0 Å². The minimum atomic E-state index is -0.741. The summed E-state index contributed by atoms with van der Waals surface area (Å²) in [5, 5.41) is 12.0. The lowest BCUT2D eigenvalue weighted by atomic mass is 9.66. The molecule has 0 heterocycles. The monoisotopic (exact) mass is 269 g/mol. The third kappa shape index (κ3) is 3.08. The normalized spacial score (nSPS) is 28.7. The molecular weight excluding hydrogens is 246 g/mol. The minimum Gasteiger partial charge on any atom is -0.481 e. The molecule has 1 amide bonds. The third-order valence-electron chi connectivity index (χ3n) is 4.69. The highest BCUT2D eigenvalue weighted by molar-refractivity contribution is 5.84. The van der Waals surface area contributed by atoms with Gasteiger partial charge in [0.1, 0.15) is 0 Å². The van der Waals surface area contributed by atoms with Crippen molar-refractivity contribution >= 4 is 11.9 Å². The molecule has 0 bridgehead atoms. The molecule has 108 valence electrons. The predicted octanol–water partition coefficient (Wildman–Crippen LogP) is 1.56. The van der Waals surface area contributed by atoms with Crippen molar-refractivity contribution in [2.45, 2.75) is 51.0 Å². The Morgan fingerprint density at radius 2 is 2.11 bits per heavy atom. The first-order valence-corrected chi connectivity index (χ1v) is 7.10. The maximum Gasteiger partial charge on any atom is 0.306 e. The van der Waals surface area contributed by atoms with Gasteiger partial charge in [0, 0.05) is 19.8 Å². The lowest BCUT2D eigenvalue weighted by Gasteiger charge is -2.41. The topological polar surface area (TPSA) is 75.6 Å². The van der Waals surface area contributed by atoms with Crippen molar-refractivity contribution < 1.29 is 19.4 Å². The number of methoxy groups -OCH3 is 1.